The minimum absolute atomic E-state index is 0.0700. The van der Waals surface area contributed by atoms with E-state index >= 15 is 0 Å². The highest BCUT2D eigenvalue weighted by Gasteiger charge is 2.14. The number of benzene rings is 1. The van der Waals surface area contributed by atoms with E-state index in [4.69, 9.17) is 0 Å². The van der Waals surface area contributed by atoms with Gasteiger partial charge in [0.1, 0.15) is 5.82 Å². The molecule has 0 aliphatic heterocycles. The molecule has 0 radical (unpaired) electrons. The number of carbonyl (C=O) groups excluding carboxylic acids is 1. The number of nitrogens with one attached hydrogen (secondary N) is 1. The molecule has 1 atom stereocenters. The van der Waals surface area contributed by atoms with Gasteiger partial charge in [-0.25, -0.2) is 4.39 Å². The second-order valence-corrected chi connectivity index (χ2v) is 5.33. The van der Waals surface area contributed by atoms with E-state index in [1.165, 1.54) is 12.1 Å². The van der Waals surface area contributed by atoms with Gasteiger partial charge >= 0.3 is 0 Å². The lowest BCUT2D eigenvalue weighted by molar-refractivity contribution is 0.0933. The number of aryl methyl sites for hydroxylation is 1. The predicted molar refractivity (Wildman–Crippen MR) is 72.1 cm³/mol. The molecule has 1 aromatic rings. The first-order valence-corrected chi connectivity index (χ1v) is 6.47. The Morgan fingerprint density at radius 1 is 1.28 bits per heavy atom. The third-order valence-corrected chi connectivity index (χ3v) is 2.92. The maximum Gasteiger partial charge on any atom is 0.254 e. The molecule has 100 valence electrons. The van der Waals surface area contributed by atoms with Crippen LogP contribution in [0.3, 0.4) is 0 Å². The van der Waals surface area contributed by atoms with Crippen molar-refractivity contribution in [3.63, 3.8) is 0 Å². The van der Waals surface area contributed by atoms with Crippen LogP contribution in [0.25, 0.3) is 0 Å². The molecular weight excluding hydrogens is 229 g/mol. The van der Waals surface area contributed by atoms with Crippen LogP contribution in [0.15, 0.2) is 18.2 Å². The molecule has 0 saturated carbocycles. The summed E-state index contributed by atoms with van der Waals surface area (Å²) in [4.78, 5) is 11.9. The van der Waals surface area contributed by atoms with Crippen molar-refractivity contribution in [2.45, 2.75) is 46.6 Å². The third-order valence-electron chi connectivity index (χ3n) is 2.92. The van der Waals surface area contributed by atoms with Gasteiger partial charge in [0.25, 0.3) is 5.91 Å². The highest BCUT2D eigenvalue weighted by atomic mass is 19.1. The smallest absolute Gasteiger partial charge is 0.254 e. The maximum absolute atomic E-state index is 13.6. The van der Waals surface area contributed by atoms with Gasteiger partial charge in [-0.2, -0.15) is 0 Å². The number of carbonyl (C=O) groups is 1. The zero-order valence-corrected chi connectivity index (χ0v) is 11.6. The van der Waals surface area contributed by atoms with Crippen LogP contribution < -0.4 is 5.32 Å². The summed E-state index contributed by atoms with van der Waals surface area (Å²) >= 11 is 0. The van der Waals surface area contributed by atoms with Gasteiger partial charge < -0.3 is 5.32 Å². The second kappa shape index (κ2) is 6.53. The van der Waals surface area contributed by atoms with E-state index in [2.05, 4.69) is 19.2 Å². The lowest BCUT2D eigenvalue weighted by atomic mass is 10.0. The molecule has 0 bridgehead atoms. The minimum Gasteiger partial charge on any atom is -0.349 e. The molecule has 3 heteroatoms. The Kier molecular flexibility index (Phi) is 5.32. The van der Waals surface area contributed by atoms with Crippen LogP contribution in [0.2, 0.25) is 0 Å². The highest BCUT2D eigenvalue weighted by molar-refractivity contribution is 5.94. The predicted octanol–water partition coefficient (Wildman–Crippen LogP) is 3.69. The molecular formula is C15H22FNO. The topological polar surface area (TPSA) is 29.1 Å². The SMILES string of the molecule is Cc1ccc(C(=O)NC(C)CCC(C)C)c(F)c1. The Hall–Kier alpha value is -1.38. The van der Waals surface area contributed by atoms with Crippen LogP contribution >= 0.6 is 0 Å². The summed E-state index contributed by atoms with van der Waals surface area (Å²) in [6.45, 7) is 8.05. The second-order valence-electron chi connectivity index (χ2n) is 5.33. The Morgan fingerprint density at radius 2 is 1.94 bits per heavy atom. The van der Waals surface area contributed by atoms with E-state index in [1.807, 2.05) is 6.92 Å². The van der Waals surface area contributed by atoms with Crippen LogP contribution in [0.4, 0.5) is 4.39 Å². The van der Waals surface area contributed by atoms with Crippen molar-refractivity contribution in [2.75, 3.05) is 0 Å². The summed E-state index contributed by atoms with van der Waals surface area (Å²) in [5.41, 5.74) is 0.939. The van der Waals surface area contributed by atoms with Crippen LogP contribution in [0.5, 0.6) is 0 Å². The van der Waals surface area contributed by atoms with Crippen molar-refractivity contribution < 1.29 is 9.18 Å². The van der Waals surface area contributed by atoms with Gasteiger partial charge in [0.15, 0.2) is 0 Å². The molecule has 1 rings (SSSR count). The molecule has 1 aromatic carbocycles. The van der Waals surface area contributed by atoms with E-state index in [0.29, 0.717) is 5.92 Å². The summed E-state index contributed by atoms with van der Waals surface area (Å²) in [5, 5.41) is 2.83. The van der Waals surface area contributed by atoms with Gasteiger partial charge in [-0.3, -0.25) is 4.79 Å². The molecule has 0 aliphatic rings. The standard InChI is InChI=1S/C15H22FNO/c1-10(2)5-7-12(4)17-15(18)13-8-6-11(3)9-14(13)16/h6,8-10,12H,5,7H2,1-4H3,(H,17,18). The average molecular weight is 251 g/mol. The van der Waals surface area contributed by atoms with E-state index < -0.39 is 5.82 Å². The largest absolute Gasteiger partial charge is 0.349 e. The van der Waals surface area contributed by atoms with Crippen molar-refractivity contribution in [3.8, 4) is 0 Å². The quantitative estimate of drug-likeness (QED) is 0.849. The Bertz CT molecular complexity index is 415. The van der Waals surface area contributed by atoms with E-state index in [0.717, 1.165) is 18.4 Å². The molecule has 0 spiro atoms. The Labute approximate surface area is 109 Å². The summed E-state index contributed by atoms with van der Waals surface area (Å²) in [6, 6.07) is 4.74. The fraction of sp³-hybridized carbons (Fsp3) is 0.533. The van der Waals surface area contributed by atoms with Gasteiger partial charge in [0.2, 0.25) is 0 Å². The van der Waals surface area contributed by atoms with Gasteiger partial charge in [-0.1, -0.05) is 19.9 Å². The normalized spacial score (nSPS) is 12.6. The van der Waals surface area contributed by atoms with Gasteiger partial charge in [0.05, 0.1) is 5.56 Å². The summed E-state index contributed by atoms with van der Waals surface area (Å²) in [6.07, 6.45) is 1.97. The number of amides is 1. The highest BCUT2D eigenvalue weighted by Crippen LogP contribution is 2.11. The molecule has 0 fully saturated rings. The summed E-state index contributed by atoms with van der Waals surface area (Å²) in [5.74, 6) is -0.173. The van der Waals surface area contributed by atoms with E-state index in [-0.39, 0.29) is 17.5 Å². The van der Waals surface area contributed by atoms with Crippen LogP contribution in [-0.2, 0) is 0 Å². The van der Waals surface area contributed by atoms with Gasteiger partial charge in [0, 0.05) is 6.04 Å². The zero-order valence-electron chi connectivity index (χ0n) is 11.6. The number of hydrogen-bond acceptors (Lipinski definition) is 1. The molecule has 0 aromatic heterocycles. The van der Waals surface area contributed by atoms with Crippen molar-refractivity contribution in [1.29, 1.82) is 0 Å². The van der Waals surface area contributed by atoms with Crippen molar-refractivity contribution >= 4 is 5.91 Å². The molecule has 1 N–H and O–H groups in total. The van der Waals surface area contributed by atoms with Crippen molar-refractivity contribution in [2.24, 2.45) is 5.92 Å². The Balaban J connectivity index is 2.59. The maximum atomic E-state index is 13.6. The fourth-order valence-electron chi connectivity index (χ4n) is 1.76. The van der Waals surface area contributed by atoms with Crippen LogP contribution in [0.1, 0.15) is 49.5 Å². The molecule has 1 unspecified atom stereocenters. The van der Waals surface area contributed by atoms with E-state index in [9.17, 15) is 9.18 Å². The first-order valence-electron chi connectivity index (χ1n) is 6.47. The molecule has 0 heterocycles. The monoisotopic (exact) mass is 251 g/mol. The minimum atomic E-state index is -0.455. The molecule has 0 aliphatic carbocycles. The molecule has 1 amide bonds. The van der Waals surface area contributed by atoms with Crippen molar-refractivity contribution in [1.82, 2.24) is 5.32 Å². The average Bonchev–Trinajstić information content (AvgIpc) is 2.26. The first kappa shape index (κ1) is 14.7. The number of rotatable bonds is 5. The number of halogens is 1. The summed E-state index contributed by atoms with van der Waals surface area (Å²) in [7, 11) is 0. The summed E-state index contributed by atoms with van der Waals surface area (Å²) < 4.78 is 13.6. The third kappa shape index (κ3) is 4.47. The van der Waals surface area contributed by atoms with Gasteiger partial charge in [-0.15, -0.1) is 0 Å². The number of hydrogen-bond donors (Lipinski definition) is 1. The van der Waals surface area contributed by atoms with Gasteiger partial charge in [-0.05, 0) is 50.3 Å². The van der Waals surface area contributed by atoms with E-state index in [1.54, 1.807) is 13.0 Å². The molecule has 2 nitrogen and oxygen atoms in total. The zero-order chi connectivity index (χ0) is 13.7. The Morgan fingerprint density at radius 3 is 2.50 bits per heavy atom. The van der Waals surface area contributed by atoms with Crippen molar-refractivity contribution in [3.05, 3.63) is 35.1 Å². The fourth-order valence-corrected chi connectivity index (χ4v) is 1.76. The van der Waals surface area contributed by atoms with Crippen LogP contribution in [0, 0.1) is 18.7 Å². The molecule has 0 saturated heterocycles. The first-order chi connectivity index (χ1) is 8.40. The molecule has 18 heavy (non-hydrogen) atoms. The lowest BCUT2D eigenvalue weighted by Gasteiger charge is -2.15. The van der Waals surface area contributed by atoms with Crippen LogP contribution in [-0.4, -0.2) is 11.9 Å². The lowest BCUT2D eigenvalue weighted by Crippen LogP contribution is -2.33.